The molecule has 0 radical (unpaired) electrons. The Bertz CT molecular complexity index is 305. The SMILES string of the molecule is COCC(CNC(=O)CC(C)(C(=O)O)C(C)C)OC. The number of methoxy groups -OCH3 is 2. The number of amides is 1. The molecule has 112 valence electrons. The van der Waals surface area contributed by atoms with Gasteiger partial charge in [-0.3, -0.25) is 9.59 Å². The Hall–Kier alpha value is -1.14. The van der Waals surface area contributed by atoms with Crippen molar-refractivity contribution in [1.29, 1.82) is 0 Å². The van der Waals surface area contributed by atoms with Crippen molar-refractivity contribution in [2.45, 2.75) is 33.3 Å². The lowest BCUT2D eigenvalue weighted by molar-refractivity contribution is -0.153. The summed E-state index contributed by atoms with van der Waals surface area (Å²) in [6, 6.07) is 0. The van der Waals surface area contributed by atoms with Crippen LogP contribution in [-0.4, -0.2) is 50.5 Å². The van der Waals surface area contributed by atoms with E-state index >= 15 is 0 Å². The normalized spacial score (nSPS) is 15.9. The van der Waals surface area contributed by atoms with Crippen LogP contribution in [0.15, 0.2) is 0 Å². The van der Waals surface area contributed by atoms with Crippen molar-refractivity contribution in [1.82, 2.24) is 5.32 Å². The van der Waals surface area contributed by atoms with Crippen molar-refractivity contribution < 1.29 is 24.2 Å². The lowest BCUT2D eigenvalue weighted by Crippen LogP contribution is -2.42. The van der Waals surface area contributed by atoms with E-state index in [1.807, 2.05) is 0 Å². The van der Waals surface area contributed by atoms with Gasteiger partial charge >= 0.3 is 5.97 Å². The van der Waals surface area contributed by atoms with E-state index < -0.39 is 11.4 Å². The van der Waals surface area contributed by atoms with Crippen molar-refractivity contribution in [3.63, 3.8) is 0 Å². The molecule has 0 fully saturated rings. The van der Waals surface area contributed by atoms with Crippen LogP contribution in [-0.2, 0) is 19.1 Å². The second-order valence-electron chi connectivity index (χ2n) is 5.17. The van der Waals surface area contributed by atoms with Crippen LogP contribution in [0.5, 0.6) is 0 Å². The number of hydrogen-bond acceptors (Lipinski definition) is 4. The standard InChI is InChI=1S/C13H25NO5/c1-9(2)13(3,12(16)17)6-11(15)14-7-10(19-5)8-18-4/h9-10H,6-8H2,1-5H3,(H,14,15)(H,16,17). The second kappa shape index (κ2) is 8.12. The highest BCUT2D eigenvalue weighted by Gasteiger charge is 2.38. The molecule has 0 aliphatic heterocycles. The van der Waals surface area contributed by atoms with E-state index in [2.05, 4.69) is 5.32 Å². The second-order valence-corrected chi connectivity index (χ2v) is 5.17. The van der Waals surface area contributed by atoms with E-state index in [4.69, 9.17) is 9.47 Å². The lowest BCUT2D eigenvalue weighted by Gasteiger charge is -2.28. The fourth-order valence-electron chi connectivity index (χ4n) is 1.55. The van der Waals surface area contributed by atoms with Crippen molar-refractivity contribution in [3.8, 4) is 0 Å². The van der Waals surface area contributed by atoms with Crippen LogP contribution in [0.4, 0.5) is 0 Å². The molecule has 0 aliphatic carbocycles. The fraction of sp³-hybridized carbons (Fsp3) is 0.846. The lowest BCUT2D eigenvalue weighted by atomic mass is 9.76. The average molecular weight is 275 g/mol. The first-order valence-corrected chi connectivity index (χ1v) is 6.29. The predicted octanol–water partition coefficient (Wildman–Crippen LogP) is 0.901. The summed E-state index contributed by atoms with van der Waals surface area (Å²) in [7, 11) is 3.08. The van der Waals surface area contributed by atoms with Crippen LogP contribution in [0.1, 0.15) is 27.2 Å². The van der Waals surface area contributed by atoms with Crippen molar-refractivity contribution in [2.75, 3.05) is 27.4 Å². The maximum atomic E-state index is 11.8. The quantitative estimate of drug-likeness (QED) is 0.653. The number of rotatable bonds is 9. The molecule has 1 amide bonds. The van der Waals surface area contributed by atoms with Gasteiger partial charge in [-0.25, -0.2) is 0 Å². The smallest absolute Gasteiger partial charge is 0.310 e. The molecule has 0 saturated heterocycles. The largest absolute Gasteiger partial charge is 0.481 e. The van der Waals surface area contributed by atoms with E-state index in [1.165, 1.54) is 7.11 Å². The number of aliphatic carboxylic acids is 1. The van der Waals surface area contributed by atoms with E-state index in [9.17, 15) is 14.7 Å². The molecule has 2 N–H and O–H groups in total. The molecule has 0 rings (SSSR count). The van der Waals surface area contributed by atoms with Gasteiger partial charge in [0.1, 0.15) is 0 Å². The third kappa shape index (κ3) is 5.57. The zero-order chi connectivity index (χ0) is 15.1. The number of carbonyl (C=O) groups is 2. The van der Waals surface area contributed by atoms with Crippen LogP contribution in [0.25, 0.3) is 0 Å². The summed E-state index contributed by atoms with van der Waals surface area (Å²) in [5, 5.41) is 11.9. The minimum atomic E-state index is -1.06. The van der Waals surface area contributed by atoms with Gasteiger partial charge in [-0.2, -0.15) is 0 Å². The third-order valence-corrected chi connectivity index (χ3v) is 3.50. The number of ether oxygens (including phenoxy) is 2. The van der Waals surface area contributed by atoms with Gasteiger partial charge in [-0.05, 0) is 12.8 Å². The molecule has 6 heteroatoms. The monoisotopic (exact) mass is 275 g/mol. The molecule has 19 heavy (non-hydrogen) atoms. The topological polar surface area (TPSA) is 84.9 Å². The van der Waals surface area contributed by atoms with Gasteiger partial charge < -0.3 is 19.9 Å². The van der Waals surface area contributed by atoms with Gasteiger partial charge in [0, 0.05) is 27.2 Å². The van der Waals surface area contributed by atoms with Crippen LogP contribution < -0.4 is 5.32 Å². The summed E-state index contributed by atoms with van der Waals surface area (Å²) in [6.45, 7) is 5.85. The summed E-state index contributed by atoms with van der Waals surface area (Å²) in [5.74, 6) is -1.39. The Balaban J connectivity index is 4.40. The minimum Gasteiger partial charge on any atom is -0.481 e. The number of nitrogens with one attached hydrogen (secondary N) is 1. The summed E-state index contributed by atoms with van der Waals surface area (Å²) in [6.07, 6.45) is -0.284. The molecule has 0 heterocycles. The zero-order valence-corrected chi connectivity index (χ0v) is 12.4. The molecule has 2 unspecified atom stereocenters. The molecule has 6 nitrogen and oxygen atoms in total. The summed E-state index contributed by atoms with van der Waals surface area (Å²) in [4.78, 5) is 23.1. The van der Waals surface area contributed by atoms with Gasteiger partial charge in [-0.1, -0.05) is 13.8 Å². The number of hydrogen-bond donors (Lipinski definition) is 2. The highest BCUT2D eigenvalue weighted by molar-refractivity contribution is 5.84. The molecule has 0 aromatic carbocycles. The van der Waals surface area contributed by atoms with Crippen LogP contribution >= 0.6 is 0 Å². The van der Waals surface area contributed by atoms with Crippen molar-refractivity contribution in [2.24, 2.45) is 11.3 Å². The summed E-state index contributed by atoms with van der Waals surface area (Å²) < 4.78 is 10.0. The zero-order valence-electron chi connectivity index (χ0n) is 12.4. The van der Waals surface area contributed by atoms with Crippen LogP contribution in [0.2, 0.25) is 0 Å². The Morgan fingerprint density at radius 1 is 1.32 bits per heavy atom. The van der Waals surface area contributed by atoms with E-state index in [0.717, 1.165) is 0 Å². The van der Waals surface area contributed by atoms with E-state index in [1.54, 1.807) is 27.9 Å². The van der Waals surface area contributed by atoms with Gasteiger partial charge in [0.25, 0.3) is 0 Å². The fourth-order valence-corrected chi connectivity index (χ4v) is 1.55. The van der Waals surface area contributed by atoms with Crippen LogP contribution in [0.3, 0.4) is 0 Å². The van der Waals surface area contributed by atoms with E-state index in [-0.39, 0.29) is 24.3 Å². The Morgan fingerprint density at radius 2 is 1.89 bits per heavy atom. The van der Waals surface area contributed by atoms with Gasteiger partial charge in [0.15, 0.2) is 0 Å². The van der Waals surface area contributed by atoms with Crippen molar-refractivity contribution in [3.05, 3.63) is 0 Å². The maximum absolute atomic E-state index is 11.8. The molecule has 0 saturated carbocycles. The first-order chi connectivity index (χ1) is 8.77. The Morgan fingerprint density at radius 3 is 2.26 bits per heavy atom. The highest BCUT2D eigenvalue weighted by atomic mass is 16.5. The van der Waals surface area contributed by atoms with Crippen molar-refractivity contribution >= 4 is 11.9 Å². The first kappa shape index (κ1) is 17.9. The summed E-state index contributed by atoms with van der Waals surface area (Å²) in [5.41, 5.74) is -1.06. The van der Waals surface area contributed by atoms with Gasteiger partial charge in [0.2, 0.25) is 5.91 Å². The molecular weight excluding hydrogens is 250 g/mol. The van der Waals surface area contributed by atoms with Gasteiger partial charge in [0.05, 0.1) is 18.1 Å². The number of carboxylic acids is 1. The molecule has 0 spiro atoms. The van der Waals surface area contributed by atoms with Crippen LogP contribution in [0, 0.1) is 11.3 Å². The minimum absolute atomic E-state index is 0.0522. The van der Waals surface area contributed by atoms with Gasteiger partial charge in [-0.15, -0.1) is 0 Å². The molecular formula is C13H25NO5. The molecule has 0 bridgehead atoms. The Labute approximate surface area is 114 Å². The molecule has 0 aromatic rings. The number of carboxylic acid groups (broad SMARTS) is 1. The summed E-state index contributed by atoms with van der Waals surface area (Å²) >= 11 is 0. The number of carbonyl (C=O) groups excluding carboxylic acids is 1. The Kier molecular flexibility index (Phi) is 7.63. The first-order valence-electron chi connectivity index (χ1n) is 6.29. The van der Waals surface area contributed by atoms with E-state index in [0.29, 0.717) is 13.2 Å². The molecule has 0 aliphatic rings. The average Bonchev–Trinajstić information content (AvgIpc) is 2.33. The molecule has 2 atom stereocenters. The highest BCUT2D eigenvalue weighted by Crippen LogP contribution is 2.31. The predicted molar refractivity (Wildman–Crippen MR) is 70.9 cm³/mol. The molecule has 0 aromatic heterocycles. The third-order valence-electron chi connectivity index (χ3n) is 3.50. The maximum Gasteiger partial charge on any atom is 0.310 e.